The first-order valence-electron chi connectivity index (χ1n) is 6.73. The number of hydrogen-bond donors (Lipinski definition) is 1. The molecule has 0 amide bonds. The van der Waals surface area contributed by atoms with Crippen molar-refractivity contribution in [1.82, 2.24) is 9.80 Å². The average Bonchev–Trinajstić information content (AvgIpc) is 2.29. The molecule has 0 saturated carbocycles. The molecule has 1 rings (SSSR count). The monoisotopic (exact) mass is 243 g/mol. The van der Waals surface area contributed by atoms with Gasteiger partial charge in [-0.25, -0.2) is 0 Å². The number of nitrogens with zero attached hydrogens (tertiary/aromatic N) is 2. The SMILES string of the molecule is COCCC(N)CN(C)CC1CCN(C)CC1. The highest BCUT2D eigenvalue weighted by Gasteiger charge is 2.18. The fraction of sp³-hybridized carbons (Fsp3) is 1.00. The first-order valence-corrected chi connectivity index (χ1v) is 6.73. The lowest BCUT2D eigenvalue weighted by molar-refractivity contribution is 0.158. The van der Waals surface area contributed by atoms with E-state index in [9.17, 15) is 0 Å². The van der Waals surface area contributed by atoms with Gasteiger partial charge in [0.05, 0.1) is 0 Å². The molecule has 1 unspecified atom stereocenters. The van der Waals surface area contributed by atoms with Gasteiger partial charge in [0, 0.05) is 32.8 Å². The Kier molecular flexibility index (Phi) is 7.04. The number of hydrogen-bond acceptors (Lipinski definition) is 4. The topological polar surface area (TPSA) is 41.7 Å². The Bertz CT molecular complexity index is 193. The van der Waals surface area contributed by atoms with Crippen LogP contribution in [0.3, 0.4) is 0 Å². The van der Waals surface area contributed by atoms with Gasteiger partial charge in [-0.05, 0) is 52.4 Å². The van der Waals surface area contributed by atoms with Gasteiger partial charge < -0.3 is 20.3 Å². The van der Waals surface area contributed by atoms with Gasteiger partial charge in [-0.2, -0.15) is 0 Å². The molecule has 1 aliphatic heterocycles. The molecule has 1 heterocycles. The van der Waals surface area contributed by atoms with E-state index in [1.165, 1.54) is 32.5 Å². The average molecular weight is 243 g/mol. The summed E-state index contributed by atoms with van der Waals surface area (Å²) in [7, 11) is 6.13. The summed E-state index contributed by atoms with van der Waals surface area (Å²) in [4.78, 5) is 4.80. The summed E-state index contributed by atoms with van der Waals surface area (Å²) in [5, 5.41) is 0. The van der Waals surface area contributed by atoms with Crippen LogP contribution in [0.1, 0.15) is 19.3 Å². The predicted molar refractivity (Wildman–Crippen MR) is 72.2 cm³/mol. The molecule has 0 bridgehead atoms. The lowest BCUT2D eigenvalue weighted by Crippen LogP contribution is -2.40. The molecule has 17 heavy (non-hydrogen) atoms. The van der Waals surface area contributed by atoms with Crippen LogP contribution in [0.25, 0.3) is 0 Å². The number of likely N-dealkylation sites (tertiary alicyclic amines) is 1. The standard InChI is InChI=1S/C13H29N3O/c1-15-7-4-12(5-8-15)10-16(2)11-13(14)6-9-17-3/h12-13H,4-11,14H2,1-3H3. The van der Waals surface area contributed by atoms with Crippen LogP contribution in [-0.4, -0.2) is 69.8 Å². The van der Waals surface area contributed by atoms with Crippen LogP contribution >= 0.6 is 0 Å². The van der Waals surface area contributed by atoms with Crippen molar-refractivity contribution in [3.8, 4) is 0 Å². The van der Waals surface area contributed by atoms with Crippen molar-refractivity contribution in [2.24, 2.45) is 11.7 Å². The third-order valence-electron chi connectivity index (χ3n) is 3.65. The van der Waals surface area contributed by atoms with Crippen molar-refractivity contribution in [2.45, 2.75) is 25.3 Å². The highest BCUT2D eigenvalue weighted by Crippen LogP contribution is 2.16. The summed E-state index contributed by atoms with van der Waals surface area (Å²) in [6, 6.07) is 0.242. The molecule has 0 radical (unpaired) electrons. The van der Waals surface area contributed by atoms with Crippen LogP contribution in [0.2, 0.25) is 0 Å². The first kappa shape index (κ1) is 14.9. The summed E-state index contributed by atoms with van der Waals surface area (Å²) in [5.74, 6) is 0.853. The second-order valence-electron chi connectivity index (χ2n) is 5.51. The van der Waals surface area contributed by atoms with Gasteiger partial charge in [0.15, 0.2) is 0 Å². The largest absolute Gasteiger partial charge is 0.385 e. The minimum Gasteiger partial charge on any atom is -0.385 e. The Morgan fingerprint density at radius 2 is 2.06 bits per heavy atom. The second-order valence-corrected chi connectivity index (χ2v) is 5.51. The third kappa shape index (κ3) is 6.36. The molecule has 0 aromatic heterocycles. The quantitative estimate of drug-likeness (QED) is 0.712. The summed E-state index contributed by atoms with van der Waals surface area (Å²) >= 11 is 0. The molecule has 1 fully saturated rings. The Morgan fingerprint density at radius 1 is 1.41 bits per heavy atom. The molecule has 102 valence electrons. The minimum absolute atomic E-state index is 0.242. The zero-order valence-electron chi connectivity index (χ0n) is 11.7. The summed E-state index contributed by atoms with van der Waals surface area (Å²) in [6.07, 6.45) is 3.61. The molecule has 0 aromatic rings. The molecule has 1 aliphatic rings. The van der Waals surface area contributed by atoms with Crippen LogP contribution in [-0.2, 0) is 4.74 Å². The molecule has 4 heteroatoms. The predicted octanol–water partition coefficient (Wildman–Crippen LogP) is 0.624. The summed E-state index contributed by atoms with van der Waals surface area (Å²) < 4.78 is 5.05. The van der Waals surface area contributed by atoms with Gasteiger partial charge >= 0.3 is 0 Å². The molecular formula is C13H29N3O. The van der Waals surface area contributed by atoms with E-state index in [-0.39, 0.29) is 6.04 Å². The molecule has 0 spiro atoms. The number of ether oxygens (including phenoxy) is 1. The van der Waals surface area contributed by atoms with E-state index in [0.717, 1.165) is 25.5 Å². The highest BCUT2D eigenvalue weighted by atomic mass is 16.5. The van der Waals surface area contributed by atoms with Crippen molar-refractivity contribution < 1.29 is 4.74 Å². The van der Waals surface area contributed by atoms with E-state index in [1.807, 2.05) is 0 Å². The van der Waals surface area contributed by atoms with Crippen LogP contribution in [0.5, 0.6) is 0 Å². The summed E-state index contributed by atoms with van der Waals surface area (Å²) in [6.45, 7) is 5.43. The van der Waals surface area contributed by atoms with Gasteiger partial charge in [0.2, 0.25) is 0 Å². The number of rotatable bonds is 7. The smallest absolute Gasteiger partial charge is 0.0477 e. The molecule has 4 nitrogen and oxygen atoms in total. The van der Waals surface area contributed by atoms with Crippen LogP contribution in [0.15, 0.2) is 0 Å². The van der Waals surface area contributed by atoms with E-state index in [1.54, 1.807) is 7.11 Å². The van der Waals surface area contributed by atoms with Gasteiger partial charge in [0.1, 0.15) is 0 Å². The molecule has 0 aliphatic carbocycles. The maximum absolute atomic E-state index is 6.06. The Morgan fingerprint density at radius 3 is 2.65 bits per heavy atom. The van der Waals surface area contributed by atoms with Gasteiger partial charge in [0.25, 0.3) is 0 Å². The van der Waals surface area contributed by atoms with Crippen LogP contribution < -0.4 is 5.73 Å². The van der Waals surface area contributed by atoms with E-state index in [0.29, 0.717) is 0 Å². The highest BCUT2D eigenvalue weighted by molar-refractivity contribution is 4.74. The number of likely N-dealkylation sites (N-methyl/N-ethyl adjacent to an activating group) is 1. The molecule has 1 atom stereocenters. The molecule has 0 aromatic carbocycles. The van der Waals surface area contributed by atoms with E-state index in [2.05, 4.69) is 23.9 Å². The van der Waals surface area contributed by atoms with E-state index < -0.39 is 0 Å². The van der Waals surface area contributed by atoms with Crippen LogP contribution in [0.4, 0.5) is 0 Å². The van der Waals surface area contributed by atoms with E-state index in [4.69, 9.17) is 10.5 Å². The van der Waals surface area contributed by atoms with Gasteiger partial charge in [-0.15, -0.1) is 0 Å². The third-order valence-corrected chi connectivity index (χ3v) is 3.65. The molecule has 1 saturated heterocycles. The summed E-state index contributed by atoms with van der Waals surface area (Å²) in [5.41, 5.74) is 6.06. The number of nitrogens with two attached hydrogens (primary N) is 1. The Balaban J connectivity index is 2.13. The van der Waals surface area contributed by atoms with Crippen molar-refractivity contribution in [1.29, 1.82) is 0 Å². The number of methoxy groups -OCH3 is 1. The second kappa shape index (κ2) is 8.03. The Hall–Kier alpha value is -0.160. The maximum Gasteiger partial charge on any atom is 0.0477 e. The van der Waals surface area contributed by atoms with Crippen molar-refractivity contribution in [3.63, 3.8) is 0 Å². The van der Waals surface area contributed by atoms with E-state index >= 15 is 0 Å². The lowest BCUT2D eigenvalue weighted by atomic mass is 9.96. The van der Waals surface area contributed by atoms with Crippen LogP contribution in [0, 0.1) is 5.92 Å². The molecular weight excluding hydrogens is 214 g/mol. The normalized spacial score (nSPS) is 21.0. The zero-order valence-corrected chi connectivity index (χ0v) is 11.7. The minimum atomic E-state index is 0.242. The Labute approximate surface area is 106 Å². The van der Waals surface area contributed by atoms with Crippen molar-refractivity contribution >= 4 is 0 Å². The van der Waals surface area contributed by atoms with Gasteiger partial charge in [-0.1, -0.05) is 0 Å². The van der Waals surface area contributed by atoms with Crippen molar-refractivity contribution in [3.05, 3.63) is 0 Å². The lowest BCUT2D eigenvalue weighted by Gasteiger charge is -2.32. The maximum atomic E-state index is 6.06. The fourth-order valence-corrected chi connectivity index (χ4v) is 2.52. The zero-order chi connectivity index (χ0) is 12.7. The first-order chi connectivity index (χ1) is 8.11. The van der Waals surface area contributed by atoms with Gasteiger partial charge in [-0.3, -0.25) is 0 Å². The molecule has 2 N–H and O–H groups in total. The number of piperidine rings is 1. The fourth-order valence-electron chi connectivity index (χ4n) is 2.52. The van der Waals surface area contributed by atoms with Crippen molar-refractivity contribution in [2.75, 3.05) is 54.0 Å².